The minimum Gasteiger partial charge on any atom is -0.377 e. The van der Waals surface area contributed by atoms with Crippen molar-refractivity contribution in [1.82, 2.24) is 10.6 Å². The molecule has 0 aliphatic carbocycles. The molecule has 0 aromatic carbocycles. The Hall–Kier alpha value is -1.14. The third-order valence-corrected chi connectivity index (χ3v) is 2.70. The molecule has 6 heteroatoms. The molecule has 130 valence electrons. The molecule has 0 atom stereocenters. The average Bonchev–Trinajstić information content (AvgIpc) is 2.39. The Kier molecular flexibility index (Phi) is 12.8. The van der Waals surface area contributed by atoms with Gasteiger partial charge >= 0.3 is 0 Å². The molecule has 0 unspecified atom stereocenters. The fraction of sp³-hybridized carbons (Fsp3) is 0.875. The van der Waals surface area contributed by atoms with E-state index in [-0.39, 0.29) is 11.8 Å². The van der Waals surface area contributed by atoms with Gasteiger partial charge in [0, 0.05) is 25.9 Å². The van der Waals surface area contributed by atoms with Gasteiger partial charge in [-0.15, -0.1) is 0 Å². The summed E-state index contributed by atoms with van der Waals surface area (Å²) in [5.41, 5.74) is 0. The maximum absolute atomic E-state index is 11.4. The Morgan fingerprint density at radius 3 is 1.41 bits per heavy atom. The molecule has 2 N–H and O–H groups in total. The standard InChI is InChI=1S/C16H32N2O4/c1-13(2)11-15(19)17-5-7-21-9-10-22-8-6-18-16(20)12-14(3)4/h13-14H,5-12H2,1-4H3,(H,17,19)(H,18,20). The van der Waals surface area contributed by atoms with E-state index in [9.17, 15) is 9.59 Å². The lowest BCUT2D eigenvalue weighted by atomic mass is 10.1. The van der Waals surface area contributed by atoms with Gasteiger partial charge < -0.3 is 20.1 Å². The zero-order valence-electron chi connectivity index (χ0n) is 14.4. The van der Waals surface area contributed by atoms with E-state index >= 15 is 0 Å². The van der Waals surface area contributed by atoms with Crippen LogP contribution in [0.2, 0.25) is 0 Å². The second kappa shape index (κ2) is 13.5. The lowest BCUT2D eigenvalue weighted by Gasteiger charge is -2.09. The summed E-state index contributed by atoms with van der Waals surface area (Å²) in [6, 6.07) is 0. The van der Waals surface area contributed by atoms with Crippen molar-refractivity contribution in [3.8, 4) is 0 Å². The van der Waals surface area contributed by atoms with E-state index in [1.807, 2.05) is 27.7 Å². The topological polar surface area (TPSA) is 76.7 Å². The summed E-state index contributed by atoms with van der Waals surface area (Å²) in [5, 5.41) is 5.60. The molecule has 0 aliphatic rings. The van der Waals surface area contributed by atoms with Crippen molar-refractivity contribution in [3.05, 3.63) is 0 Å². The third kappa shape index (κ3) is 15.3. The highest BCUT2D eigenvalue weighted by Gasteiger charge is 2.04. The van der Waals surface area contributed by atoms with E-state index in [1.54, 1.807) is 0 Å². The summed E-state index contributed by atoms with van der Waals surface area (Å²) in [5.74, 6) is 0.865. The van der Waals surface area contributed by atoms with Gasteiger partial charge in [-0.1, -0.05) is 27.7 Å². The summed E-state index contributed by atoms with van der Waals surface area (Å²) in [4.78, 5) is 22.7. The van der Waals surface area contributed by atoms with E-state index in [1.165, 1.54) is 0 Å². The van der Waals surface area contributed by atoms with Crippen molar-refractivity contribution in [1.29, 1.82) is 0 Å². The predicted octanol–water partition coefficient (Wildman–Crippen LogP) is 1.34. The molecular weight excluding hydrogens is 284 g/mol. The van der Waals surface area contributed by atoms with Crippen LogP contribution in [-0.4, -0.2) is 51.3 Å². The van der Waals surface area contributed by atoms with Crippen LogP contribution in [0, 0.1) is 11.8 Å². The largest absolute Gasteiger partial charge is 0.377 e. The quantitative estimate of drug-likeness (QED) is 0.503. The summed E-state index contributed by atoms with van der Waals surface area (Å²) in [6.45, 7) is 11.0. The number of hydrogen-bond acceptors (Lipinski definition) is 4. The van der Waals surface area contributed by atoms with Gasteiger partial charge in [0.25, 0.3) is 0 Å². The number of rotatable bonds is 13. The molecule has 0 aromatic heterocycles. The summed E-state index contributed by atoms with van der Waals surface area (Å²) < 4.78 is 10.7. The Labute approximate surface area is 134 Å². The van der Waals surface area contributed by atoms with Gasteiger partial charge in [-0.05, 0) is 11.8 Å². The third-order valence-electron chi connectivity index (χ3n) is 2.70. The van der Waals surface area contributed by atoms with E-state index in [0.717, 1.165) is 0 Å². The van der Waals surface area contributed by atoms with Gasteiger partial charge in [-0.2, -0.15) is 0 Å². The molecule has 0 saturated carbocycles. The average molecular weight is 316 g/mol. The molecule has 0 rings (SSSR count). The lowest BCUT2D eigenvalue weighted by Crippen LogP contribution is -2.29. The number of ether oxygens (including phenoxy) is 2. The predicted molar refractivity (Wildman–Crippen MR) is 86.6 cm³/mol. The number of nitrogens with one attached hydrogen (secondary N) is 2. The number of carbonyl (C=O) groups excluding carboxylic acids is 2. The molecule has 6 nitrogen and oxygen atoms in total. The first-order valence-corrected chi connectivity index (χ1v) is 8.10. The number of hydrogen-bond donors (Lipinski definition) is 2. The van der Waals surface area contributed by atoms with Crippen molar-refractivity contribution in [2.75, 3.05) is 39.5 Å². The molecule has 0 bridgehead atoms. The van der Waals surface area contributed by atoms with E-state index < -0.39 is 0 Å². The normalized spacial score (nSPS) is 11.0. The smallest absolute Gasteiger partial charge is 0.220 e. The zero-order valence-corrected chi connectivity index (χ0v) is 14.4. The van der Waals surface area contributed by atoms with Crippen molar-refractivity contribution < 1.29 is 19.1 Å². The molecule has 2 amide bonds. The van der Waals surface area contributed by atoms with Crippen molar-refractivity contribution in [3.63, 3.8) is 0 Å². The minimum absolute atomic E-state index is 0.0620. The fourth-order valence-electron chi connectivity index (χ4n) is 1.73. The van der Waals surface area contributed by atoms with Crippen LogP contribution in [0.1, 0.15) is 40.5 Å². The Morgan fingerprint density at radius 1 is 0.727 bits per heavy atom. The van der Waals surface area contributed by atoms with Crippen LogP contribution >= 0.6 is 0 Å². The highest BCUT2D eigenvalue weighted by atomic mass is 16.5. The Morgan fingerprint density at radius 2 is 1.09 bits per heavy atom. The van der Waals surface area contributed by atoms with Crippen LogP contribution in [-0.2, 0) is 19.1 Å². The molecule has 0 saturated heterocycles. The number of carbonyl (C=O) groups is 2. The van der Waals surface area contributed by atoms with Gasteiger partial charge in [-0.25, -0.2) is 0 Å². The van der Waals surface area contributed by atoms with Crippen LogP contribution in [0.5, 0.6) is 0 Å². The van der Waals surface area contributed by atoms with Crippen LogP contribution in [0.4, 0.5) is 0 Å². The fourth-order valence-corrected chi connectivity index (χ4v) is 1.73. The van der Waals surface area contributed by atoms with Crippen LogP contribution < -0.4 is 10.6 Å². The minimum atomic E-state index is 0.0620. The number of amides is 2. The SMILES string of the molecule is CC(C)CC(=O)NCCOCCOCCNC(=O)CC(C)C. The van der Waals surface area contributed by atoms with Crippen LogP contribution in [0.25, 0.3) is 0 Å². The van der Waals surface area contributed by atoms with Crippen molar-refractivity contribution >= 4 is 11.8 Å². The molecular formula is C16H32N2O4. The molecule has 0 aromatic rings. The molecule has 0 heterocycles. The summed E-state index contributed by atoms with van der Waals surface area (Å²) in [6.07, 6.45) is 1.09. The van der Waals surface area contributed by atoms with Crippen molar-refractivity contribution in [2.45, 2.75) is 40.5 Å². The summed E-state index contributed by atoms with van der Waals surface area (Å²) >= 11 is 0. The van der Waals surface area contributed by atoms with Crippen molar-refractivity contribution in [2.24, 2.45) is 11.8 Å². The zero-order chi connectivity index (χ0) is 16.8. The summed E-state index contributed by atoms with van der Waals surface area (Å²) in [7, 11) is 0. The second-order valence-electron chi connectivity index (χ2n) is 6.12. The lowest BCUT2D eigenvalue weighted by molar-refractivity contribution is -0.123. The first-order valence-electron chi connectivity index (χ1n) is 8.10. The first-order chi connectivity index (χ1) is 10.4. The van der Waals surface area contributed by atoms with Gasteiger partial charge in [-0.3, -0.25) is 9.59 Å². The van der Waals surface area contributed by atoms with Gasteiger partial charge in [0.2, 0.25) is 11.8 Å². The highest BCUT2D eigenvalue weighted by Crippen LogP contribution is 1.98. The second-order valence-corrected chi connectivity index (χ2v) is 6.12. The van der Waals surface area contributed by atoms with E-state index in [0.29, 0.717) is 64.2 Å². The Bertz CT molecular complexity index is 277. The molecule has 0 radical (unpaired) electrons. The highest BCUT2D eigenvalue weighted by molar-refractivity contribution is 5.76. The van der Waals surface area contributed by atoms with Crippen LogP contribution in [0.15, 0.2) is 0 Å². The first kappa shape index (κ1) is 20.9. The van der Waals surface area contributed by atoms with Gasteiger partial charge in [0.1, 0.15) is 0 Å². The molecule has 0 fully saturated rings. The van der Waals surface area contributed by atoms with E-state index in [4.69, 9.17) is 9.47 Å². The molecule has 22 heavy (non-hydrogen) atoms. The van der Waals surface area contributed by atoms with Gasteiger partial charge in [0.15, 0.2) is 0 Å². The van der Waals surface area contributed by atoms with Crippen LogP contribution in [0.3, 0.4) is 0 Å². The van der Waals surface area contributed by atoms with E-state index in [2.05, 4.69) is 10.6 Å². The maximum atomic E-state index is 11.4. The molecule has 0 aliphatic heterocycles. The molecule has 0 spiro atoms. The van der Waals surface area contributed by atoms with Gasteiger partial charge in [0.05, 0.1) is 26.4 Å². The maximum Gasteiger partial charge on any atom is 0.220 e. The monoisotopic (exact) mass is 316 g/mol. The Balaban J connectivity index is 3.24.